The maximum absolute atomic E-state index is 12.5. The summed E-state index contributed by atoms with van der Waals surface area (Å²) in [4.78, 5) is 12.0. The zero-order valence-electron chi connectivity index (χ0n) is 10.5. The summed E-state index contributed by atoms with van der Waals surface area (Å²) < 4.78 is 37.6. The molecule has 0 saturated carbocycles. The van der Waals surface area contributed by atoms with Crippen molar-refractivity contribution >= 4 is 5.97 Å². The highest BCUT2D eigenvalue weighted by molar-refractivity contribution is 5.67. The number of benzene rings is 1. The fourth-order valence-electron chi connectivity index (χ4n) is 1.97. The largest absolute Gasteiger partial charge is 0.481 e. The van der Waals surface area contributed by atoms with Gasteiger partial charge in [-0.15, -0.1) is 0 Å². The van der Waals surface area contributed by atoms with Crippen molar-refractivity contribution in [3.63, 3.8) is 0 Å². The first-order valence-corrected chi connectivity index (χ1v) is 5.91. The van der Waals surface area contributed by atoms with Gasteiger partial charge in [-0.2, -0.15) is 13.2 Å². The van der Waals surface area contributed by atoms with Gasteiger partial charge in [-0.25, -0.2) is 0 Å². The second-order valence-electron chi connectivity index (χ2n) is 4.20. The number of carboxylic acids is 1. The summed E-state index contributed by atoms with van der Waals surface area (Å²) in [5.74, 6) is -1.12. The van der Waals surface area contributed by atoms with Gasteiger partial charge in [0.2, 0.25) is 0 Å². The lowest BCUT2D eigenvalue weighted by molar-refractivity contribution is -0.155. The van der Waals surface area contributed by atoms with Crippen LogP contribution in [0.3, 0.4) is 0 Å². The first kappa shape index (κ1) is 15.5. The molecule has 1 aromatic rings. The normalized spacial score (nSPS) is 13.5. The van der Waals surface area contributed by atoms with Gasteiger partial charge < -0.3 is 5.11 Å². The van der Waals surface area contributed by atoms with Crippen LogP contribution in [-0.2, 0) is 4.79 Å². The average Bonchev–Trinajstić information content (AvgIpc) is 2.33. The van der Waals surface area contributed by atoms with Crippen molar-refractivity contribution in [2.75, 3.05) is 13.1 Å². The highest BCUT2D eigenvalue weighted by atomic mass is 19.4. The van der Waals surface area contributed by atoms with Gasteiger partial charge in [-0.3, -0.25) is 9.69 Å². The fourth-order valence-corrected chi connectivity index (χ4v) is 1.97. The van der Waals surface area contributed by atoms with Gasteiger partial charge in [0.1, 0.15) is 0 Å². The van der Waals surface area contributed by atoms with Crippen LogP contribution in [0.25, 0.3) is 0 Å². The average molecular weight is 275 g/mol. The van der Waals surface area contributed by atoms with E-state index in [1.165, 1.54) is 0 Å². The molecule has 106 valence electrons. The Bertz CT molecular complexity index is 406. The summed E-state index contributed by atoms with van der Waals surface area (Å²) in [5.41, 5.74) is 0.580. The first-order chi connectivity index (χ1) is 8.83. The number of alkyl halides is 3. The summed E-state index contributed by atoms with van der Waals surface area (Å²) in [7, 11) is 0. The van der Waals surface area contributed by atoms with E-state index < -0.39 is 24.7 Å². The third-order valence-corrected chi connectivity index (χ3v) is 2.78. The molecular weight excluding hydrogens is 259 g/mol. The monoisotopic (exact) mass is 275 g/mol. The predicted octanol–water partition coefficient (Wildman–Crippen LogP) is 3.09. The number of halogens is 3. The Morgan fingerprint density at radius 1 is 1.32 bits per heavy atom. The SMILES string of the molecule is CCN(CC(F)(F)F)C(CC(=O)O)c1ccccc1. The van der Waals surface area contributed by atoms with E-state index in [1.54, 1.807) is 37.3 Å². The minimum Gasteiger partial charge on any atom is -0.481 e. The summed E-state index contributed by atoms with van der Waals surface area (Å²) in [6.07, 6.45) is -4.70. The van der Waals surface area contributed by atoms with Gasteiger partial charge in [0.05, 0.1) is 13.0 Å². The molecule has 0 aliphatic rings. The molecule has 0 aliphatic heterocycles. The van der Waals surface area contributed by atoms with E-state index in [2.05, 4.69) is 0 Å². The van der Waals surface area contributed by atoms with Crippen LogP contribution in [0.2, 0.25) is 0 Å². The fraction of sp³-hybridized carbons (Fsp3) is 0.462. The van der Waals surface area contributed by atoms with Gasteiger partial charge in [0.15, 0.2) is 0 Å². The molecule has 1 N–H and O–H groups in total. The molecule has 1 aromatic carbocycles. The van der Waals surface area contributed by atoms with Crippen molar-refractivity contribution in [2.24, 2.45) is 0 Å². The maximum atomic E-state index is 12.5. The lowest BCUT2D eigenvalue weighted by Gasteiger charge is -2.30. The van der Waals surface area contributed by atoms with Crippen molar-refractivity contribution in [3.8, 4) is 0 Å². The van der Waals surface area contributed by atoms with E-state index in [-0.39, 0.29) is 13.0 Å². The van der Waals surface area contributed by atoms with E-state index in [0.29, 0.717) is 5.56 Å². The molecule has 6 heteroatoms. The minimum atomic E-state index is -4.35. The Kier molecular flexibility index (Phi) is 5.35. The maximum Gasteiger partial charge on any atom is 0.401 e. The molecule has 1 atom stereocenters. The first-order valence-electron chi connectivity index (χ1n) is 5.91. The standard InChI is InChI=1S/C13H16F3NO2/c1-2-17(9-13(14,15)16)11(8-12(18)19)10-6-4-3-5-7-10/h3-7,11H,2,8-9H2,1H3,(H,18,19). The summed E-state index contributed by atoms with van der Waals surface area (Å²) in [5, 5.41) is 8.88. The second kappa shape index (κ2) is 6.56. The highest BCUT2D eigenvalue weighted by Crippen LogP contribution is 2.28. The zero-order valence-corrected chi connectivity index (χ0v) is 10.5. The lowest BCUT2D eigenvalue weighted by Crippen LogP contribution is -2.38. The number of rotatable bonds is 6. The number of aliphatic carboxylic acids is 1. The summed E-state index contributed by atoms with van der Waals surface area (Å²) in [6.45, 7) is 0.603. The molecule has 0 spiro atoms. The molecular formula is C13H16F3NO2. The number of carbonyl (C=O) groups is 1. The van der Waals surface area contributed by atoms with Gasteiger partial charge in [0.25, 0.3) is 0 Å². The number of hydrogen-bond acceptors (Lipinski definition) is 2. The Labute approximate surface area is 109 Å². The number of nitrogens with zero attached hydrogens (tertiary/aromatic N) is 1. The van der Waals surface area contributed by atoms with Crippen LogP contribution in [0.4, 0.5) is 13.2 Å². The van der Waals surface area contributed by atoms with Crippen LogP contribution in [-0.4, -0.2) is 35.2 Å². The van der Waals surface area contributed by atoms with Crippen molar-refractivity contribution in [1.29, 1.82) is 0 Å². The molecule has 0 heterocycles. The molecule has 0 aromatic heterocycles. The van der Waals surface area contributed by atoms with Gasteiger partial charge >= 0.3 is 12.1 Å². The minimum absolute atomic E-state index is 0.131. The molecule has 0 radical (unpaired) electrons. The smallest absolute Gasteiger partial charge is 0.401 e. The Morgan fingerprint density at radius 3 is 2.32 bits per heavy atom. The number of hydrogen-bond donors (Lipinski definition) is 1. The van der Waals surface area contributed by atoms with Gasteiger partial charge in [-0.05, 0) is 12.1 Å². The van der Waals surface area contributed by atoms with E-state index >= 15 is 0 Å². The van der Waals surface area contributed by atoms with Crippen LogP contribution in [0.5, 0.6) is 0 Å². The summed E-state index contributed by atoms with van der Waals surface area (Å²) in [6, 6.07) is 7.63. The zero-order chi connectivity index (χ0) is 14.5. The quantitative estimate of drug-likeness (QED) is 0.867. The van der Waals surface area contributed by atoms with Crippen molar-refractivity contribution < 1.29 is 23.1 Å². The Balaban J connectivity index is 2.98. The molecule has 0 saturated heterocycles. The van der Waals surface area contributed by atoms with Crippen LogP contribution >= 0.6 is 0 Å². The highest BCUT2D eigenvalue weighted by Gasteiger charge is 2.34. The van der Waals surface area contributed by atoms with Crippen LogP contribution in [0.15, 0.2) is 30.3 Å². The topological polar surface area (TPSA) is 40.5 Å². The molecule has 1 rings (SSSR count). The lowest BCUT2D eigenvalue weighted by atomic mass is 10.0. The van der Waals surface area contributed by atoms with E-state index in [4.69, 9.17) is 5.11 Å². The Morgan fingerprint density at radius 2 is 1.89 bits per heavy atom. The predicted molar refractivity (Wildman–Crippen MR) is 64.7 cm³/mol. The third-order valence-electron chi connectivity index (χ3n) is 2.78. The van der Waals surface area contributed by atoms with E-state index in [9.17, 15) is 18.0 Å². The molecule has 0 aliphatic carbocycles. The van der Waals surface area contributed by atoms with Crippen molar-refractivity contribution in [1.82, 2.24) is 4.90 Å². The van der Waals surface area contributed by atoms with Gasteiger partial charge in [0, 0.05) is 6.04 Å². The number of carboxylic acid groups (broad SMARTS) is 1. The van der Waals surface area contributed by atoms with Crippen LogP contribution in [0, 0.1) is 0 Å². The molecule has 19 heavy (non-hydrogen) atoms. The van der Waals surface area contributed by atoms with Crippen LogP contribution < -0.4 is 0 Å². The molecule has 0 fully saturated rings. The molecule has 3 nitrogen and oxygen atoms in total. The van der Waals surface area contributed by atoms with Crippen molar-refractivity contribution in [2.45, 2.75) is 25.6 Å². The molecule has 0 amide bonds. The van der Waals surface area contributed by atoms with Gasteiger partial charge in [-0.1, -0.05) is 37.3 Å². The molecule has 0 bridgehead atoms. The Hall–Kier alpha value is -1.56. The van der Waals surface area contributed by atoms with E-state index in [0.717, 1.165) is 4.90 Å². The second-order valence-corrected chi connectivity index (χ2v) is 4.20. The van der Waals surface area contributed by atoms with Crippen LogP contribution in [0.1, 0.15) is 24.9 Å². The summed E-state index contributed by atoms with van der Waals surface area (Å²) >= 11 is 0. The molecule has 1 unspecified atom stereocenters. The third kappa shape index (κ3) is 5.30. The van der Waals surface area contributed by atoms with Crippen molar-refractivity contribution in [3.05, 3.63) is 35.9 Å². The van der Waals surface area contributed by atoms with E-state index in [1.807, 2.05) is 0 Å².